The molecule has 0 spiro atoms. The summed E-state index contributed by atoms with van der Waals surface area (Å²) in [5, 5.41) is 0. The quantitative estimate of drug-likeness (QED) is 0.175. The Kier molecular flexibility index (Phi) is 19.7. The van der Waals surface area contributed by atoms with Gasteiger partial charge in [-0.15, -0.1) is 0 Å². The standard InChI is InChI=1S/C20H39NO3SSe/c1-4-5-6-7-8-9-10-11-12-13-14-16-24-20(23)19(15-17-25-3)21-26-18(2)22/h19,21H,4-17H2,1-3H3. The van der Waals surface area contributed by atoms with Crippen molar-refractivity contribution in [3.63, 3.8) is 0 Å². The van der Waals surface area contributed by atoms with Crippen molar-refractivity contribution in [2.45, 2.75) is 96.9 Å². The molecule has 0 aliphatic carbocycles. The zero-order chi connectivity index (χ0) is 19.5. The Morgan fingerprint density at radius 3 is 2.00 bits per heavy atom. The molecule has 0 aromatic carbocycles. The Morgan fingerprint density at radius 2 is 1.50 bits per heavy atom. The van der Waals surface area contributed by atoms with Crippen LogP contribution in [0.1, 0.15) is 90.9 Å². The van der Waals surface area contributed by atoms with Crippen molar-refractivity contribution in [3.05, 3.63) is 0 Å². The molecule has 0 saturated heterocycles. The third kappa shape index (κ3) is 17.4. The third-order valence-corrected chi connectivity index (χ3v) is 6.32. The van der Waals surface area contributed by atoms with Crippen LogP contribution in [0.3, 0.4) is 0 Å². The number of carbonyl (C=O) groups is 2. The topological polar surface area (TPSA) is 55.4 Å². The van der Waals surface area contributed by atoms with Gasteiger partial charge in [0.05, 0.1) is 0 Å². The normalized spacial score (nSPS) is 12.1. The van der Waals surface area contributed by atoms with Gasteiger partial charge in [-0.2, -0.15) is 0 Å². The summed E-state index contributed by atoms with van der Waals surface area (Å²) in [5.74, 6) is 0.688. The van der Waals surface area contributed by atoms with E-state index >= 15 is 0 Å². The summed E-state index contributed by atoms with van der Waals surface area (Å²) < 4.78 is 8.58. The molecule has 0 radical (unpaired) electrons. The molecular formula is C20H39NO3SSe. The van der Waals surface area contributed by atoms with Gasteiger partial charge in [-0.1, -0.05) is 32.6 Å². The van der Waals surface area contributed by atoms with E-state index in [0.29, 0.717) is 13.0 Å². The minimum absolute atomic E-state index is 0.102. The summed E-state index contributed by atoms with van der Waals surface area (Å²) in [5.41, 5.74) is 0. The number of hydrogen-bond donors (Lipinski definition) is 1. The van der Waals surface area contributed by atoms with E-state index in [1.807, 2.05) is 6.26 Å². The number of ether oxygens (including phenoxy) is 1. The molecule has 0 saturated carbocycles. The fourth-order valence-corrected chi connectivity index (χ4v) is 4.22. The number of esters is 1. The molecule has 1 N–H and O–H groups in total. The first kappa shape index (κ1) is 26.0. The van der Waals surface area contributed by atoms with Gasteiger partial charge in [-0.05, 0) is 0 Å². The van der Waals surface area contributed by atoms with Gasteiger partial charge in [0.2, 0.25) is 0 Å². The Balaban J connectivity index is 3.61. The molecule has 0 rings (SSSR count). The van der Waals surface area contributed by atoms with Gasteiger partial charge in [0, 0.05) is 0 Å². The van der Waals surface area contributed by atoms with E-state index in [0.717, 1.165) is 18.6 Å². The fourth-order valence-electron chi connectivity index (χ4n) is 2.65. The molecule has 0 aromatic rings. The summed E-state index contributed by atoms with van der Waals surface area (Å²) in [7, 11) is 0. The summed E-state index contributed by atoms with van der Waals surface area (Å²) >= 11 is 1.37. The molecule has 0 amide bonds. The van der Waals surface area contributed by atoms with E-state index < -0.39 is 0 Å². The van der Waals surface area contributed by atoms with Crippen molar-refractivity contribution in [2.24, 2.45) is 0 Å². The van der Waals surface area contributed by atoms with Crippen LogP contribution in [0, 0.1) is 0 Å². The van der Waals surface area contributed by atoms with Gasteiger partial charge in [-0.25, -0.2) is 0 Å². The molecule has 1 unspecified atom stereocenters. The van der Waals surface area contributed by atoms with E-state index in [-0.39, 0.29) is 31.9 Å². The first-order valence-electron chi connectivity index (χ1n) is 10.2. The summed E-state index contributed by atoms with van der Waals surface area (Å²) in [4.78, 5) is 23.3. The molecule has 0 bridgehead atoms. The zero-order valence-corrected chi connectivity index (χ0v) is 19.5. The second kappa shape index (κ2) is 19.7. The Morgan fingerprint density at radius 1 is 0.962 bits per heavy atom. The van der Waals surface area contributed by atoms with Gasteiger partial charge in [0.1, 0.15) is 0 Å². The number of nitrogens with one attached hydrogen (secondary N) is 1. The number of unbranched alkanes of at least 4 members (excludes halogenated alkanes) is 10. The van der Waals surface area contributed by atoms with Crippen LogP contribution in [-0.2, 0) is 14.3 Å². The summed E-state index contributed by atoms with van der Waals surface area (Å²) in [6, 6.07) is -0.334. The van der Waals surface area contributed by atoms with Gasteiger partial charge >= 0.3 is 139 Å². The molecule has 6 heteroatoms. The first-order valence-corrected chi connectivity index (χ1v) is 13.3. The number of rotatable bonds is 19. The van der Waals surface area contributed by atoms with Gasteiger partial charge in [0.25, 0.3) is 0 Å². The van der Waals surface area contributed by atoms with Gasteiger partial charge in [0.15, 0.2) is 0 Å². The van der Waals surface area contributed by atoms with Crippen molar-refractivity contribution in [1.82, 2.24) is 4.33 Å². The van der Waals surface area contributed by atoms with Crippen LogP contribution in [0.5, 0.6) is 0 Å². The second-order valence-electron chi connectivity index (χ2n) is 6.75. The van der Waals surface area contributed by atoms with Crippen molar-refractivity contribution in [2.75, 3.05) is 18.6 Å². The maximum absolute atomic E-state index is 12.1. The van der Waals surface area contributed by atoms with Crippen LogP contribution >= 0.6 is 11.8 Å². The molecule has 0 aliphatic heterocycles. The van der Waals surface area contributed by atoms with E-state index in [1.54, 1.807) is 18.7 Å². The molecule has 4 nitrogen and oxygen atoms in total. The third-order valence-electron chi connectivity index (χ3n) is 4.23. The summed E-state index contributed by atoms with van der Waals surface area (Å²) in [6.45, 7) is 4.31. The van der Waals surface area contributed by atoms with E-state index in [9.17, 15) is 9.59 Å². The Bertz CT molecular complexity index is 356. The first-order chi connectivity index (χ1) is 12.6. The molecular weight excluding hydrogens is 413 g/mol. The predicted molar refractivity (Wildman–Crippen MR) is 114 cm³/mol. The Labute approximate surface area is 171 Å². The van der Waals surface area contributed by atoms with Gasteiger partial charge in [-0.3, -0.25) is 0 Å². The molecule has 0 aliphatic rings. The number of thioether (sulfide) groups is 1. The number of hydrogen-bond acceptors (Lipinski definition) is 5. The van der Waals surface area contributed by atoms with Crippen LogP contribution in [0.2, 0.25) is 0 Å². The van der Waals surface area contributed by atoms with E-state index in [4.69, 9.17) is 4.74 Å². The van der Waals surface area contributed by atoms with Crippen LogP contribution in [0.25, 0.3) is 0 Å². The van der Waals surface area contributed by atoms with Crippen molar-refractivity contribution >= 4 is 37.6 Å². The van der Waals surface area contributed by atoms with Crippen LogP contribution in [0.15, 0.2) is 0 Å². The molecule has 26 heavy (non-hydrogen) atoms. The molecule has 1 atom stereocenters. The molecule has 0 fully saturated rings. The van der Waals surface area contributed by atoms with E-state index in [2.05, 4.69) is 11.3 Å². The van der Waals surface area contributed by atoms with Gasteiger partial charge < -0.3 is 0 Å². The van der Waals surface area contributed by atoms with Crippen molar-refractivity contribution in [3.8, 4) is 0 Å². The fraction of sp³-hybridized carbons (Fsp3) is 0.900. The monoisotopic (exact) mass is 453 g/mol. The average molecular weight is 453 g/mol. The zero-order valence-electron chi connectivity index (χ0n) is 17.0. The SMILES string of the molecule is CCCCCCCCCCCCCOC(=O)C(CCSC)N[Se]C(C)=O. The minimum atomic E-state index is -0.335. The van der Waals surface area contributed by atoms with Crippen LogP contribution in [-0.4, -0.2) is 50.5 Å². The maximum atomic E-state index is 12.1. The van der Waals surface area contributed by atoms with Crippen LogP contribution < -0.4 is 4.33 Å². The summed E-state index contributed by atoms with van der Waals surface area (Å²) in [6.07, 6.45) is 16.9. The second-order valence-corrected chi connectivity index (χ2v) is 9.86. The number of carbonyl (C=O) groups excluding carboxylic acids is 2. The van der Waals surface area contributed by atoms with Crippen molar-refractivity contribution in [1.29, 1.82) is 0 Å². The molecule has 154 valence electrons. The van der Waals surface area contributed by atoms with E-state index in [1.165, 1.54) is 57.8 Å². The average Bonchev–Trinajstić information content (AvgIpc) is 2.62. The predicted octanol–water partition coefficient (Wildman–Crippen LogP) is 4.72. The Hall–Kier alpha value is -0.0305. The van der Waals surface area contributed by atoms with Crippen LogP contribution in [0.4, 0.5) is 0 Å². The van der Waals surface area contributed by atoms with Crippen molar-refractivity contribution < 1.29 is 14.3 Å². The molecule has 0 aromatic heterocycles. The molecule has 0 heterocycles.